The van der Waals surface area contributed by atoms with E-state index in [9.17, 15) is 4.79 Å². The SMILES string of the molecule is Cc1cccc(NC(=O)[C@@H](C)N2CCCC2)c1. The van der Waals surface area contributed by atoms with Crippen LogP contribution in [0.2, 0.25) is 0 Å². The zero-order valence-corrected chi connectivity index (χ0v) is 10.6. The van der Waals surface area contributed by atoms with Crippen molar-refractivity contribution in [3.05, 3.63) is 29.8 Å². The van der Waals surface area contributed by atoms with Crippen molar-refractivity contribution in [2.24, 2.45) is 0 Å². The Labute approximate surface area is 103 Å². The number of carbonyl (C=O) groups is 1. The Kier molecular flexibility index (Phi) is 3.79. The van der Waals surface area contributed by atoms with E-state index in [2.05, 4.69) is 10.2 Å². The molecule has 1 heterocycles. The molecule has 1 aliphatic rings. The molecule has 0 bridgehead atoms. The zero-order valence-electron chi connectivity index (χ0n) is 10.6. The molecule has 0 saturated carbocycles. The first-order chi connectivity index (χ1) is 8.16. The number of benzene rings is 1. The Bertz CT molecular complexity index is 397. The van der Waals surface area contributed by atoms with Gasteiger partial charge in [0.1, 0.15) is 0 Å². The van der Waals surface area contributed by atoms with E-state index in [0.717, 1.165) is 24.3 Å². The zero-order chi connectivity index (χ0) is 12.3. The van der Waals surface area contributed by atoms with Crippen LogP contribution in [0.25, 0.3) is 0 Å². The van der Waals surface area contributed by atoms with Gasteiger partial charge in [-0.3, -0.25) is 9.69 Å². The number of rotatable bonds is 3. The summed E-state index contributed by atoms with van der Waals surface area (Å²) in [6.07, 6.45) is 2.42. The predicted octanol–water partition coefficient (Wildman–Crippen LogP) is 2.42. The van der Waals surface area contributed by atoms with E-state index in [1.807, 2.05) is 38.1 Å². The average molecular weight is 232 g/mol. The average Bonchev–Trinajstić information content (AvgIpc) is 2.81. The van der Waals surface area contributed by atoms with E-state index in [1.165, 1.54) is 12.8 Å². The lowest BCUT2D eigenvalue weighted by Crippen LogP contribution is -2.40. The highest BCUT2D eigenvalue weighted by atomic mass is 16.2. The third kappa shape index (κ3) is 3.07. The second-order valence-electron chi connectivity index (χ2n) is 4.78. The van der Waals surface area contributed by atoms with E-state index < -0.39 is 0 Å². The third-order valence-corrected chi connectivity index (χ3v) is 3.35. The Morgan fingerprint density at radius 3 is 2.71 bits per heavy atom. The van der Waals surface area contributed by atoms with Crippen molar-refractivity contribution in [3.8, 4) is 0 Å². The molecule has 3 heteroatoms. The highest BCUT2D eigenvalue weighted by molar-refractivity contribution is 5.94. The van der Waals surface area contributed by atoms with Crippen molar-refractivity contribution in [2.45, 2.75) is 32.7 Å². The van der Waals surface area contributed by atoms with Crippen LogP contribution in [0, 0.1) is 6.92 Å². The fraction of sp³-hybridized carbons (Fsp3) is 0.500. The summed E-state index contributed by atoms with van der Waals surface area (Å²) in [6, 6.07) is 7.89. The molecule has 1 N–H and O–H groups in total. The highest BCUT2D eigenvalue weighted by Crippen LogP contribution is 2.14. The quantitative estimate of drug-likeness (QED) is 0.868. The van der Waals surface area contributed by atoms with Crippen LogP contribution in [-0.2, 0) is 4.79 Å². The first kappa shape index (κ1) is 12.1. The number of hydrogen-bond acceptors (Lipinski definition) is 2. The number of carbonyl (C=O) groups excluding carboxylic acids is 1. The molecule has 1 fully saturated rings. The van der Waals surface area contributed by atoms with Crippen molar-refractivity contribution in [3.63, 3.8) is 0 Å². The summed E-state index contributed by atoms with van der Waals surface area (Å²) in [5.41, 5.74) is 2.05. The normalized spacial score (nSPS) is 18.0. The minimum atomic E-state index is -0.0296. The summed E-state index contributed by atoms with van der Waals surface area (Å²) in [4.78, 5) is 14.3. The summed E-state index contributed by atoms with van der Waals surface area (Å²) >= 11 is 0. The molecule has 3 nitrogen and oxygen atoms in total. The largest absolute Gasteiger partial charge is 0.325 e. The molecule has 17 heavy (non-hydrogen) atoms. The molecule has 1 amide bonds. The van der Waals surface area contributed by atoms with Gasteiger partial charge in [0.05, 0.1) is 6.04 Å². The molecule has 2 rings (SSSR count). The number of hydrogen-bond donors (Lipinski definition) is 1. The van der Waals surface area contributed by atoms with Crippen molar-refractivity contribution in [1.82, 2.24) is 4.90 Å². The van der Waals surface area contributed by atoms with Crippen LogP contribution in [0.1, 0.15) is 25.3 Å². The molecule has 0 spiro atoms. The van der Waals surface area contributed by atoms with Crippen LogP contribution in [0.4, 0.5) is 5.69 Å². The Balaban J connectivity index is 1.96. The van der Waals surface area contributed by atoms with Crippen LogP contribution in [0.3, 0.4) is 0 Å². The van der Waals surface area contributed by atoms with Crippen molar-refractivity contribution in [2.75, 3.05) is 18.4 Å². The first-order valence-corrected chi connectivity index (χ1v) is 6.28. The fourth-order valence-electron chi connectivity index (χ4n) is 2.26. The summed E-state index contributed by atoms with van der Waals surface area (Å²) < 4.78 is 0. The maximum Gasteiger partial charge on any atom is 0.241 e. The predicted molar refractivity (Wildman–Crippen MR) is 70.1 cm³/mol. The summed E-state index contributed by atoms with van der Waals surface area (Å²) in [5, 5.41) is 2.98. The molecule has 0 unspecified atom stereocenters. The van der Waals surface area contributed by atoms with E-state index in [1.54, 1.807) is 0 Å². The van der Waals surface area contributed by atoms with Gasteiger partial charge in [-0.1, -0.05) is 12.1 Å². The lowest BCUT2D eigenvalue weighted by atomic mass is 10.2. The maximum atomic E-state index is 12.1. The number of nitrogens with one attached hydrogen (secondary N) is 1. The smallest absolute Gasteiger partial charge is 0.241 e. The Hall–Kier alpha value is -1.35. The van der Waals surface area contributed by atoms with Gasteiger partial charge in [-0.25, -0.2) is 0 Å². The molecule has 1 aliphatic heterocycles. The summed E-state index contributed by atoms with van der Waals surface area (Å²) in [6.45, 7) is 6.10. The second-order valence-corrected chi connectivity index (χ2v) is 4.78. The lowest BCUT2D eigenvalue weighted by molar-refractivity contribution is -0.120. The van der Waals surface area contributed by atoms with Gasteiger partial charge in [-0.2, -0.15) is 0 Å². The minimum absolute atomic E-state index is 0.0296. The van der Waals surface area contributed by atoms with Gasteiger partial charge in [0.15, 0.2) is 0 Å². The van der Waals surface area contributed by atoms with Crippen LogP contribution >= 0.6 is 0 Å². The molecular formula is C14H20N2O. The summed E-state index contributed by atoms with van der Waals surface area (Å²) in [7, 11) is 0. The molecule has 0 radical (unpaired) electrons. The van der Waals surface area contributed by atoms with E-state index in [0.29, 0.717) is 0 Å². The number of anilines is 1. The van der Waals surface area contributed by atoms with Gasteiger partial charge in [-0.05, 0) is 57.5 Å². The van der Waals surface area contributed by atoms with Gasteiger partial charge >= 0.3 is 0 Å². The molecule has 0 aliphatic carbocycles. The number of nitrogens with zero attached hydrogens (tertiary/aromatic N) is 1. The van der Waals surface area contributed by atoms with E-state index >= 15 is 0 Å². The second kappa shape index (κ2) is 5.32. The lowest BCUT2D eigenvalue weighted by Gasteiger charge is -2.22. The minimum Gasteiger partial charge on any atom is -0.325 e. The molecule has 1 aromatic carbocycles. The van der Waals surface area contributed by atoms with Gasteiger partial charge in [-0.15, -0.1) is 0 Å². The molecule has 0 aromatic heterocycles. The van der Waals surface area contributed by atoms with Crippen LogP contribution in [-0.4, -0.2) is 29.9 Å². The van der Waals surface area contributed by atoms with E-state index in [4.69, 9.17) is 0 Å². The van der Waals surface area contributed by atoms with Crippen LogP contribution in [0.15, 0.2) is 24.3 Å². The van der Waals surface area contributed by atoms with Gasteiger partial charge in [0.2, 0.25) is 5.91 Å². The van der Waals surface area contributed by atoms with Crippen molar-refractivity contribution < 1.29 is 4.79 Å². The van der Waals surface area contributed by atoms with Crippen LogP contribution < -0.4 is 5.32 Å². The molecule has 1 saturated heterocycles. The first-order valence-electron chi connectivity index (χ1n) is 6.28. The monoisotopic (exact) mass is 232 g/mol. The number of amides is 1. The van der Waals surface area contributed by atoms with E-state index in [-0.39, 0.29) is 11.9 Å². The number of likely N-dealkylation sites (tertiary alicyclic amines) is 1. The molecule has 92 valence electrons. The van der Waals surface area contributed by atoms with Crippen LogP contribution in [0.5, 0.6) is 0 Å². The van der Waals surface area contributed by atoms with Gasteiger partial charge in [0, 0.05) is 5.69 Å². The fourth-order valence-corrected chi connectivity index (χ4v) is 2.26. The van der Waals surface area contributed by atoms with Gasteiger partial charge in [0.25, 0.3) is 0 Å². The topological polar surface area (TPSA) is 32.3 Å². The van der Waals surface area contributed by atoms with Crippen molar-refractivity contribution >= 4 is 11.6 Å². The molecular weight excluding hydrogens is 212 g/mol. The third-order valence-electron chi connectivity index (χ3n) is 3.35. The van der Waals surface area contributed by atoms with Crippen molar-refractivity contribution in [1.29, 1.82) is 0 Å². The number of aryl methyl sites for hydroxylation is 1. The maximum absolute atomic E-state index is 12.1. The molecule has 1 aromatic rings. The molecule has 1 atom stereocenters. The standard InChI is InChI=1S/C14H20N2O/c1-11-6-5-7-13(10-11)15-14(17)12(2)16-8-3-4-9-16/h5-7,10,12H,3-4,8-9H2,1-2H3,(H,15,17)/t12-/m1/s1. The highest BCUT2D eigenvalue weighted by Gasteiger charge is 2.23. The Morgan fingerprint density at radius 2 is 2.06 bits per heavy atom. The van der Waals surface area contributed by atoms with Gasteiger partial charge < -0.3 is 5.32 Å². The Morgan fingerprint density at radius 1 is 1.35 bits per heavy atom. The summed E-state index contributed by atoms with van der Waals surface area (Å²) in [5.74, 6) is 0.0949.